The van der Waals surface area contributed by atoms with Crippen LogP contribution < -0.4 is 11.1 Å². The third-order valence-corrected chi connectivity index (χ3v) is 5.96. The van der Waals surface area contributed by atoms with Crippen molar-refractivity contribution in [1.29, 1.82) is 0 Å². The zero-order chi connectivity index (χ0) is 21.6. The number of carbonyl (C=O) groups excluding carboxylic acids is 1. The molecule has 3 aromatic carbocycles. The molecular formula is C24H22FN3OS. The van der Waals surface area contributed by atoms with E-state index in [1.54, 1.807) is 30.3 Å². The quantitative estimate of drug-likeness (QED) is 0.401. The van der Waals surface area contributed by atoms with Crippen LogP contribution in [0, 0.1) is 19.3 Å². The molecule has 0 radical (unpaired) electrons. The van der Waals surface area contributed by atoms with E-state index < -0.39 is 5.54 Å². The number of nitrogens with two attached hydrogens (primary N) is 1. The molecule has 6 heteroatoms. The van der Waals surface area contributed by atoms with Crippen LogP contribution in [0.4, 0.5) is 15.8 Å². The number of halogens is 1. The highest BCUT2D eigenvalue weighted by Gasteiger charge is 2.34. The van der Waals surface area contributed by atoms with Crippen molar-refractivity contribution in [2.45, 2.75) is 23.8 Å². The Morgan fingerprint density at radius 1 is 1.13 bits per heavy atom. The number of thioether (sulfide) groups is 1. The van der Waals surface area contributed by atoms with Gasteiger partial charge >= 0.3 is 0 Å². The van der Waals surface area contributed by atoms with Gasteiger partial charge in [-0.2, -0.15) is 0 Å². The van der Waals surface area contributed by atoms with Gasteiger partial charge in [0.25, 0.3) is 0 Å². The first-order valence-electron chi connectivity index (χ1n) is 9.40. The molecule has 0 unspecified atom stereocenters. The molecular weight excluding hydrogens is 397 g/mol. The summed E-state index contributed by atoms with van der Waals surface area (Å²) in [6, 6.07) is 20.9. The fourth-order valence-corrected chi connectivity index (χ4v) is 4.00. The molecule has 1 atom stereocenters. The van der Waals surface area contributed by atoms with Gasteiger partial charge in [0.1, 0.15) is 11.4 Å². The van der Waals surface area contributed by atoms with E-state index in [4.69, 9.17) is 12.3 Å². The van der Waals surface area contributed by atoms with Crippen molar-refractivity contribution in [3.05, 3.63) is 101 Å². The lowest BCUT2D eigenvalue weighted by Crippen LogP contribution is -2.55. The lowest BCUT2D eigenvalue weighted by atomic mass is 9.92. The van der Waals surface area contributed by atoms with Gasteiger partial charge in [0, 0.05) is 22.8 Å². The third-order valence-electron chi connectivity index (χ3n) is 4.70. The first kappa shape index (κ1) is 21.6. The monoisotopic (exact) mass is 419 g/mol. The van der Waals surface area contributed by atoms with Gasteiger partial charge in [-0.25, -0.2) is 9.24 Å². The molecule has 30 heavy (non-hydrogen) atoms. The summed E-state index contributed by atoms with van der Waals surface area (Å²) >= 11 is 1.41. The molecule has 3 aromatic rings. The second kappa shape index (κ2) is 9.57. The number of anilines is 1. The van der Waals surface area contributed by atoms with Crippen molar-refractivity contribution in [3.8, 4) is 0 Å². The summed E-state index contributed by atoms with van der Waals surface area (Å²) < 4.78 is 13.2. The molecule has 1 amide bonds. The summed E-state index contributed by atoms with van der Waals surface area (Å²) in [6.07, 6.45) is 0.354. The van der Waals surface area contributed by atoms with E-state index in [-0.39, 0.29) is 11.7 Å². The van der Waals surface area contributed by atoms with Crippen LogP contribution in [0.3, 0.4) is 0 Å². The van der Waals surface area contributed by atoms with Gasteiger partial charge in [0.05, 0.1) is 6.57 Å². The Bertz CT molecular complexity index is 1060. The van der Waals surface area contributed by atoms with Crippen molar-refractivity contribution < 1.29 is 9.18 Å². The Morgan fingerprint density at radius 3 is 2.47 bits per heavy atom. The highest BCUT2D eigenvalue weighted by atomic mass is 32.2. The number of rotatable bonds is 7. The van der Waals surface area contributed by atoms with Crippen molar-refractivity contribution >= 4 is 29.0 Å². The predicted octanol–water partition coefficient (Wildman–Crippen LogP) is 5.36. The van der Waals surface area contributed by atoms with E-state index in [2.05, 4.69) is 10.2 Å². The predicted molar refractivity (Wildman–Crippen MR) is 120 cm³/mol. The lowest BCUT2D eigenvalue weighted by Gasteiger charge is -2.28. The van der Waals surface area contributed by atoms with Crippen LogP contribution in [0.2, 0.25) is 0 Å². The topological polar surface area (TPSA) is 59.5 Å². The van der Waals surface area contributed by atoms with E-state index >= 15 is 0 Å². The molecule has 0 aliphatic heterocycles. The Hall–Kier alpha value is -3.14. The SMILES string of the molecule is [C-]#[N+]c1ccc(NC(=O)[C@@](N)(CSc2ccc(F)cc2)Cc2ccccc2)cc1C. The molecule has 0 spiro atoms. The van der Waals surface area contributed by atoms with Crippen molar-refractivity contribution in [2.24, 2.45) is 5.73 Å². The van der Waals surface area contributed by atoms with Gasteiger partial charge in [0.15, 0.2) is 5.69 Å². The first-order chi connectivity index (χ1) is 14.4. The molecule has 152 valence electrons. The van der Waals surface area contributed by atoms with Crippen LogP contribution in [0.5, 0.6) is 0 Å². The van der Waals surface area contributed by atoms with Gasteiger partial charge in [-0.15, -0.1) is 11.8 Å². The molecule has 4 nitrogen and oxygen atoms in total. The minimum atomic E-state index is -1.19. The normalized spacial score (nSPS) is 12.6. The molecule has 3 N–H and O–H groups in total. The maximum atomic E-state index is 13.2. The highest BCUT2D eigenvalue weighted by molar-refractivity contribution is 7.99. The molecule has 3 rings (SSSR count). The Kier molecular flexibility index (Phi) is 6.88. The van der Waals surface area contributed by atoms with Crippen LogP contribution >= 0.6 is 11.8 Å². The van der Waals surface area contributed by atoms with Crippen LogP contribution in [-0.2, 0) is 11.2 Å². The Labute approximate surface area is 180 Å². The van der Waals surface area contributed by atoms with Gasteiger partial charge < -0.3 is 11.1 Å². The second-order valence-corrected chi connectivity index (χ2v) is 8.18. The van der Waals surface area contributed by atoms with Gasteiger partial charge in [0.2, 0.25) is 5.91 Å². The third kappa shape index (κ3) is 5.47. The molecule has 0 aliphatic carbocycles. The smallest absolute Gasteiger partial charge is 0.245 e. The van der Waals surface area contributed by atoms with Gasteiger partial charge in [-0.1, -0.05) is 36.4 Å². The van der Waals surface area contributed by atoms with Crippen molar-refractivity contribution in [3.63, 3.8) is 0 Å². The fourth-order valence-electron chi connectivity index (χ4n) is 3.01. The fraction of sp³-hybridized carbons (Fsp3) is 0.167. The number of carbonyl (C=O) groups is 1. The number of hydrogen-bond acceptors (Lipinski definition) is 3. The standard InChI is InChI=1S/C24H22FN3OS/c1-17-14-20(10-13-22(17)27-2)28-23(29)24(26,15-18-6-4-3-5-7-18)16-30-21-11-8-19(25)9-12-21/h3-14H,15-16,26H2,1H3,(H,28,29)/t24-/m0/s1. The number of hydrogen-bond donors (Lipinski definition) is 2. The molecule has 0 aliphatic rings. The summed E-state index contributed by atoms with van der Waals surface area (Å²) in [5, 5.41) is 2.90. The minimum absolute atomic E-state index is 0.307. The van der Waals surface area contributed by atoms with Crippen molar-refractivity contribution in [2.75, 3.05) is 11.1 Å². The molecule has 0 heterocycles. The summed E-state index contributed by atoms with van der Waals surface area (Å²) in [6.45, 7) is 8.99. The molecule has 0 aromatic heterocycles. The Morgan fingerprint density at radius 2 is 1.83 bits per heavy atom. The lowest BCUT2D eigenvalue weighted by molar-refractivity contribution is -0.120. The number of nitrogens with zero attached hydrogens (tertiary/aromatic N) is 1. The average molecular weight is 420 g/mol. The maximum absolute atomic E-state index is 13.2. The van der Waals surface area contributed by atoms with E-state index in [0.717, 1.165) is 16.0 Å². The van der Waals surface area contributed by atoms with Gasteiger partial charge in [-0.05, 0) is 54.4 Å². The van der Waals surface area contributed by atoms with E-state index in [9.17, 15) is 9.18 Å². The van der Waals surface area contributed by atoms with Gasteiger partial charge in [-0.3, -0.25) is 4.79 Å². The Balaban J connectivity index is 1.81. The zero-order valence-electron chi connectivity index (χ0n) is 16.6. The maximum Gasteiger partial charge on any atom is 0.245 e. The van der Waals surface area contributed by atoms with Crippen LogP contribution in [-0.4, -0.2) is 17.2 Å². The van der Waals surface area contributed by atoms with E-state index in [1.165, 1.54) is 23.9 Å². The number of nitrogens with one attached hydrogen (secondary N) is 1. The number of benzene rings is 3. The molecule has 0 bridgehead atoms. The summed E-state index contributed by atoms with van der Waals surface area (Å²) in [5.41, 5.74) is 8.33. The minimum Gasteiger partial charge on any atom is -0.325 e. The van der Waals surface area contributed by atoms with Crippen LogP contribution in [0.15, 0.2) is 77.7 Å². The van der Waals surface area contributed by atoms with Crippen molar-refractivity contribution in [1.82, 2.24) is 0 Å². The molecule has 0 fully saturated rings. The van der Waals surface area contributed by atoms with E-state index in [0.29, 0.717) is 23.5 Å². The average Bonchev–Trinajstić information content (AvgIpc) is 2.74. The van der Waals surface area contributed by atoms with Crippen LogP contribution in [0.25, 0.3) is 4.85 Å². The molecule has 0 saturated heterocycles. The summed E-state index contributed by atoms with van der Waals surface area (Å²) in [5.74, 6) is -0.298. The molecule has 0 saturated carbocycles. The summed E-state index contributed by atoms with van der Waals surface area (Å²) in [4.78, 5) is 17.5. The van der Waals surface area contributed by atoms with E-state index in [1.807, 2.05) is 37.3 Å². The highest BCUT2D eigenvalue weighted by Crippen LogP contribution is 2.27. The number of amides is 1. The zero-order valence-corrected chi connectivity index (χ0v) is 17.4. The first-order valence-corrected chi connectivity index (χ1v) is 10.4. The second-order valence-electron chi connectivity index (χ2n) is 7.13. The summed E-state index contributed by atoms with van der Waals surface area (Å²) in [7, 11) is 0. The number of aryl methyl sites for hydroxylation is 1. The van der Waals surface area contributed by atoms with Crippen LogP contribution in [0.1, 0.15) is 11.1 Å². The largest absolute Gasteiger partial charge is 0.325 e.